The van der Waals surface area contributed by atoms with Crippen LogP contribution in [0.2, 0.25) is 0 Å². The summed E-state index contributed by atoms with van der Waals surface area (Å²) >= 11 is 0. The first-order chi connectivity index (χ1) is 12.7. The molecule has 1 aliphatic heterocycles. The molecule has 1 saturated heterocycles. The van der Waals surface area contributed by atoms with Crippen LogP contribution in [0, 0.1) is 5.82 Å². The molecule has 1 fully saturated rings. The van der Waals surface area contributed by atoms with E-state index in [0.717, 1.165) is 12.8 Å². The Morgan fingerprint density at radius 3 is 2.81 bits per heavy atom. The van der Waals surface area contributed by atoms with E-state index in [0.29, 0.717) is 36.1 Å². The van der Waals surface area contributed by atoms with Gasteiger partial charge in [-0.25, -0.2) is 9.37 Å². The predicted molar refractivity (Wildman–Crippen MR) is 89.6 cm³/mol. The Hall–Kier alpha value is -3.16. The third kappa shape index (κ3) is 3.30. The van der Waals surface area contributed by atoms with Gasteiger partial charge in [-0.1, -0.05) is 0 Å². The Morgan fingerprint density at radius 1 is 1.19 bits per heavy atom. The third-order valence-corrected chi connectivity index (χ3v) is 4.37. The molecule has 1 unspecified atom stereocenters. The fraction of sp³-hybridized carbons (Fsp3) is 0.278. The third-order valence-electron chi connectivity index (χ3n) is 4.37. The lowest BCUT2D eigenvalue weighted by atomic mass is 9.98. The molecule has 0 radical (unpaired) electrons. The molecule has 0 N–H and O–H groups in total. The van der Waals surface area contributed by atoms with E-state index in [9.17, 15) is 9.18 Å². The van der Waals surface area contributed by atoms with Crippen LogP contribution in [0.25, 0.3) is 11.5 Å². The monoisotopic (exact) mass is 353 g/mol. The van der Waals surface area contributed by atoms with Crippen LogP contribution in [-0.2, 0) is 0 Å². The number of hydrogen-bond acceptors (Lipinski definition) is 6. The van der Waals surface area contributed by atoms with Crippen LogP contribution in [0.4, 0.5) is 4.39 Å². The Labute approximate surface area is 148 Å². The van der Waals surface area contributed by atoms with Crippen LogP contribution in [0.1, 0.15) is 35.1 Å². The molecule has 8 heteroatoms. The van der Waals surface area contributed by atoms with Gasteiger partial charge in [-0.05, 0) is 37.1 Å². The lowest BCUT2D eigenvalue weighted by Gasteiger charge is -2.30. The lowest BCUT2D eigenvalue weighted by Crippen LogP contribution is -2.39. The van der Waals surface area contributed by atoms with E-state index in [1.165, 1.54) is 30.7 Å². The number of aromatic nitrogens is 4. The first-order valence-electron chi connectivity index (χ1n) is 8.35. The summed E-state index contributed by atoms with van der Waals surface area (Å²) in [6.45, 7) is 1.14. The molecule has 2 aromatic heterocycles. The Bertz CT molecular complexity index is 897. The van der Waals surface area contributed by atoms with Crippen molar-refractivity contribution in [2.45, 2.75) is 18.8 Å². The van der Waals surface area contributed by atoms with Crippen molar-refractivity contribution in [1.82, 2.24) is 25.1 Å². The van der Waals surface area contributed by atoms with Crippen LogP contribution in [0.3, 0.4) is 0 Å². The van der Waals surface area contributed by atoms with E-state index in [1.54, 1.807) is 17.0 Å². The molecule has 1 amide bonds. The second-order valence-electron chi connectivity index (χ2n) is 6.13. The van der Waals surface area contributed by atoms with Crippen molar-refractivity contribution in [3.8, 4) is 11.5 Å². The molecule has 3 heterocycles. The highest BCUT2D eigenvalue weighted by molar-refractivity contribution is 5.92. The predicted octanol–water partition coefficient (Wildman–Crippen LogP) is 2.69. The van der Waals surface area contributed by atoms with Gasteiger partial charge in [0.2, 0.25) is 11.8 Å². The van der Waals surface area contributed by atoms with Gasteiger partial charge in [0.05, 0.1) is 12.1 Å². The molecule has 4 rings (SSSR count). The van der Waals surface area contributed by atoms with E-state index < -0.39 is 0 Å². The van der Waals surface area contributed by atoms with Gasteiger partial charge in [0.25, 0.3) is 5.91 Å². The van der Waals surface area contributed by atoms with Crippen LogP contribution in [0.15, 0.2) is 47.3 Å². The van der Waals surface area contributed by atoms with Crippen LogP contribution >= 0.6 is 0 Å². The van der Waals surface area contributed by atoms with Crippen molar-refractivity contribution < 1.29 is 13.6 Å². The zero-order valence-corrected chi connectivity index (χ0v) is 13.9. The topological polar surface area (TPSA) is 85.0 Å². The number of carbonyl (C=O) groups is 1. The summed E-state index contributed by atoms with van der Waals surface area (Å²) < 4.78 is 18.8. The molecular formula is C18H16FN5O2. The van der Waals surface area contributed by atoms with Gasteiger partial charge >= 0.3 is 0 Å². The van der Waals surface area contributed by atoms with Gasteiger partial charge in [-0.3, -0.25) is 9.78 Å². The van der Waals surface area contributed by atoms with Crippen LogP contribution < -0.4 is 0 Å². The Morgan fingerprint density at radius 2 is 2.04 bits per heavy atom. The molecular weight excluding hydrogens is 337 g/mol. The summed E-state index contributed by atoms with van der Waals surface area (Å²) in [6.07, 6.45) is 6.19. The quantitative estimate of drug-likeness (QED) is 0.720. The van der Waals surface area contributed by atoms with E-state index in [1.807, 2.05) is 0 Å². The number of hydrogen-bond donors (Lipinski definition) is 0. The average Bonchev–Trinajstić information content (AvgIpc) is 3.19. The molecule has 1 aliphatic rings. The molecule has 7 nitrogen and oxygen atoms in total. The molecule has 1 atom stereocenters. The molecule has 132 valence electrons. The first-order valence-corrected chi connectivity index (χ1v) is 8.35. The number of likely N-dealkylation sites (tertiary alicyclic amines) is 1. The van der Waals surface area contributed by atoms with Gasteiger partial charge in [0, 0.05) is 31.0 Å². The standard InChI is InChI=1S/C18H16FN5O2/c19-14-5-3-12(4-6-14)16-22-23-17(26-16)13-2-1-9-24(11-13)18(25)15-10-20-7-8-21-15/h3-8,10,13H,1-2,9,11H2. The number of amides is 1. The summed E-state index contributed by atoms with van der Waals surface area (Å²) in [7, 11) is 0. The number of rotatable bonds is 3. The fourth-order valence-corrected chi connectivity index (χ4v) is 3.04. The summed E-state index contributed by atoms with van der Waals surface area (Å²) in [5.41, 5.74) is 0.985. The van der Waals surface area contributed by atoms with E-state index in [-0.39, 0.29) is 17.6 Å². The lowest BCUT2D eigenvalue weighted by molar-refractivity contribution is 0.0692. The molecule has 0 bridgehead atoms. The number of benzene rings is 1. The molecule has 0 spiro atoms. The van der Waals surface area contributed by atoms with Crippen LogP contribution in [-0.4, -0.2) is 44.1 Å². The minimum atomic E-state index is -0.320. The number of halogens is 1. The zero-order valence-electron chi connectivity index (χ0n) is 13.9. The SMILES string of the molecule is O=C(c1cnccn1)N1CCCC(c2nnc(-c3ccc(F)cc3)o2)C1. The van der Waals surface area contributed by atoms with Crippen molar-refractivity contribution in [2.75, 3.05) is 13.1 Å². The van der Waals surface area contributed by atoms with Gasteiger partial charge in [-0.2, -0.15) is 0 Å². The number of piperidine rings is 1. The Kier molecular flexibility index (Phi) is 4.39. The van der Waals surface area contributed by atoms with E-state index in [2.05, 4.69) is 20.2 Å². The largest absolute Gasteiger partial charge is 0.420 e. The second kappa shape index (κ2) is 6.99. The smallest absolute Gasteiger partial charge is 0.274 e. The molecule has 1 aromatic carbocycles. The van der Waals surface area contributed by atoms with Crippen molar-refractivity contribution in [3.05, 3.63) is 60.3 Å². The maximum atomic E-state index is 13.0. The number of nitrogens with zero attached hydrogens (tertiary/aromatic N) is 5. The van der Waals surface area contributed by atoms with Gasteiger partial charge in [0.15, 0.2) is 0 Å². The fourth-order valence-electron chi connectivity index (χ4n) is 3.04. The minimum absolute atomic E-state index is 0.0360. The summed E-state index contributed by atoms with van der Waals surface area (Å²) in [4.78, 5) is 22.3. The van der Waals surface area contributed by atoms with Crippen molar-refractivity contribution in [1.29, 1.82) is 0 Å². The Balaban J connectivity index is 1.50. The number of carbonyl (C=O) groups excluding carboxylic acids is 1. The summed E-state index contributed by atoms with van der Waals surface area (Å²) in [5, 5.41) is 8.18. The van der Waals surface area contributed by atoms with Crippen molar-refractivity contribution >= 4 is 5.91 Å². The maximum absolute atomic E-state index is 13.0. The molecule has 0 saturated carbocycles. The van der Waals surface area contributed by atoms with Gasteiger partial charge in [-0.15, -0.1) is 10.2 Å². The minimum Gasteiger partial charge on any atom is -0.420 e. The van der Waals surface area contributed by atoms with Crippen LogP contribution in [0.5, 0.6) is 0 Å². The highest BCUT2D eigenvalue weighted by atomic mass is 19.1. The summed E-state index contributed by atoms with van der Waals surface area (Å²) in [5.74, 6) is 0.324. The highest BCUT2D eigenvalue weighted by Gasteiger charge is 2.29. The summed E-state index contributed by atoms with van der Waals surface area (Å²) in [6, 6.07) is 5.89. The maximum Gasteiger partial charge on any atom is 0.274 e. The zero-order chi connectivity index (χ0) is 17.9. The van der Waals surface area contributed by atoms with E-state index in [4.69, 9.17) is 4.42 Å². The normalized spacial score (nSPS) is 17.3. The van der Waals surface area contributed by atoms with Crippen molar-refractivity contribution in [3.63, 3.8) is 0 Å². The highest BCUT2D eigenvalue weighted by Crippen LogP contribution is 2.29. The van der Waals surface area contributed by atoms with Crippen molar-refractivity contribution in [2.24, 2.45) is 0 Å². The first kappa shape index (κ1) is 16.3. The van der Waals surface area contributed by atoms with Gasteiger partial charge < -0.3 is 9.32 Å². The van der Waals surface area contributed by atoms with E-state index >= 15 is 0 Å². The molecule has 0 aliphatic carbocycles. The molecule has 3 aromatic rings. The molecule has 26 heavy (non-hydrogen) atoms. The second-order valence-corrected chi connectivity index (χ2v) is 6.13. The average molecular weight is 353 g/mol. The van der Waals surface area contributed by atoms with Gasteiger partial charge in [0.1, 0.15) is 11.5 Å².